The molecule has 0 amide bonds. The lowest BCUT2D eigenvalue weighted by Crippen LogP contribution is -1.86. The fourth-order valence-electron chi connectivity index (χ4n) is 0.466. The summed E-state index contributed by atoms with van der Waals surface area (Å²) in [5, 5.41) is 15.8. The normalized spacial score (nSPS) is 9.00. The number of aromatic nitrogens is 1. The molecule has 0 radical (unpaired) electrons. The number of hydrogen-bond acceptors (Lipinski definition) is 3. The Kier molecular flexibility index (Phi) is 7.33. The maximum Gasteiger partial charge on any atom is 0.328 e. The van der Waals surface area contributed by atoms with E-state index in [1.54, 1.807) is 12.4 Å². The molecule has 1 heterocycles. The van der Waals surface area contributed by atoms with E-state index in [-0.39, 0.29) is 6.61 Å². The largest absolute Gasteiger partial charge is 0.478 e. The van der Waals surface area contributed by atoms with Gasteiger partial charge in [0.05, 0.1) is 6.61 Å². The summed E-state index contributed by atoms with van der Waals surface area (Å²) in [6.45, 7) is -0.216. The standard InChI is InChI=1S/C5H5N.C4H6O3/c1-2-4-6-5-3-1;5-3-1-2-4(6)7/h1-5H;1-2,5H,3H2,(H,6,7). The fraction of sp³-hybridized carbons (Fsp3) is 0.111. The number of nitrogens with zero attached hydrogens (tertiary/aromatic N) is 1. The van der Waals surface area contributed by atoms with E-state index in [0.717, 1.165) is 12.2 Å². The monoisotopic (exact) mass is 181 g/mol. The molecule has 4 heteroatoms. The molecule has 4 nitrogen and oxygen atoms in total. The Morgan fingerprint density at radius 2 is 1.92 bits per heavy atom. The minimum atomic E-state index is -1.03. The van der Waals surface area contributed by atoms with Crippen molar-refractivity contribution in [1.29, 1.82) is 0 Å². The van der Waals surface area contributed by atoms with Crippen LogP contribution in [0.3, 0.4) is 0 Å². The van der Waals surface area contributed by atoms with Crippen LogP contribution in [-0.2, 0) is 4.79 Å². The van der Waals surface area contributed by atoms with Crippen molar-refractivity contribution in [1.82, 2.24) is 4.98 Å². The van der Waals surface area contributed by atoms with E-state index in [1.807, 2.05) is 18.2 Å². The first-order valence-corrected chi connectivity index (χ1v) is 3.62. The number of rotatable bonds is 2. The average molecular weight is 181 g/mol. The number of pyridine rings is 1. The molecule has 0 spiro atoms. The van der Waals surface area contributed by atoms with Crippen LogP contribution >= 0.6 is 0 Å². The molecule has 1 aromatic heterocycles. The Labute approximate surface area is 76.2 Å². The van der Waals surface area contributed by atoms with Gasteiger partial charge in [-0.05, 0) is 12.1 Å². The maximum absolute atomic E-state index is 9.56. The van der Waals surface area contributed by atoms with Gasteiger partial charge in [-0.15, -0.1) is 0 Å². The topological polar surface area (TPSA) is 70.4 Å². The quantitative estimate of drug-likeness (QED) is 0.659. The SMILES string of the molecule is O=C(O)C=CCO.c1ccncc1. The van der Waals surface area contributed by atoms with Crippen LogP contribution in [0.1, 0.15) is 0 Å². The molecule has 0 atom stereocenters. The number of aliphatic hydroxyl groups excluding tert-OH is 1. The zero-order valence-corrected chi connectivity index (χ0v) is 7.00. The molecular weight excluding hydrogens is 170 g/mol. The summed E-state index contributed by atoms with van der Waals surface area (Å²) in [5.74, 6) is -1.03. The number of carboxylic acid groups (broad SMARTS) is 1. The molecule has 0 fully saturated rings. The van der Waals surface area contributed by atoms with E-state index >= 15 is 0 Å². The van der Waals surface area contributed by atoms with Gasteiger partial charge >= 0.3 is 5.97 Å². The highest BCUT2D eigenvalue weighted by Crippen LogP contribution is 1.73. The fourth-order valence-corrected chi connectivity index (χ4v) is 0.466. The van der Waals surface area contributed by atoms with Crippen molar-refractivity contribution in [3.8, 4) is 0 Å². The first-order valence-electron chi connectivity index (χ1n) is 3.62. The summed E-state index contributed by atoms with van der Waals surface area (Å²) in [5.41, 5.74) is 0. The molecule has 0 aliphatic carbocycles. The Hall–Kier alpha value is -1.68. The van der Waals surface area contributed by atoms with Gasteiger partial charge in [-0.25, -0.2) is 4.79 Å². The van der Waals surface area contributed by atoms with Crippen LogP contribution < -0.4 is 0 Å². The third-order valence-electron chi connectivity index (χ3n) is 0.932. The van der Waals surface area contributed by atoms with Gasteiger partial charge in [-0.2, -0.15) is 0 Å². The van der Waals surface area contributed by atoms with Crippen molar-refractivity contribution in [2.24, 2.45) is 0 Å². The minimum Gasteiger partial charge on any atom is -0.478 e. The second kappa shape index (κ2) is 8.42. The molecule has 0 aliphatic heterocycles. The van der Waals surface area contributed by atoms with E-state index in [9.17, 15) is 4.79 Å². The Morgan fingerprint density at radius 3 is 2.08 bits per heavy atom. The van der Waals surface area contributed by atoms with Gasteiger partial charge in [-0.1, -0.05) is 12.1 Å². The van der Waals surface area contributed by atoms with E-state index < -0.39 is 5.97 Å². The van der Waals surface area contributed by atoms with E-state index in [4.69, 9.17) is 10.2 Å². The zero-order chi connectivity index (χ0) is 9.94. The van der Waals surface area contributed by atoms with Crippen LogP contribution in [0.4, 0.5) is 0 Å². The molecule has 0 aromatic carbocycles. The molecule has 0 saturated heterocycles. The highest BCUT2D eigenvalue weighted by Gasteiger charge is 1.79. The second-order valence-electron chi connectivity index (χ2n) is 1.95. The zero-order valence-electron chi connectivity index (χ0n) is 7.00. The lowest BCUT2D eigenvalue weighted by atomic mass is 10.5. The van der Waals surface area contributed by atoms with Crippen LogP contribution in [0.25, 0.3) is 0 Å². The molecule has 0 aliphatic rings. The van der Waals surface area contributed by atoms with Gasteiger partial charge < -0.3 is 10.2 Å². The van der Waals surface area contributed by atoms with Gasteiger partial charge in [0.15, 0.2) is 0 Å². The van der Waals surface area contributed by atoms with Crippen LogP contribution in [0.5, 0.6) is 0 Å². The van der Waals surface area contributed by atoms with Crippen LogP contribution in [0, 0.1) is 0 Å². The number of carboxylic acids is 1. The summed E-state index contributed by atoms with van der Waals surface area (Å²) in [6, 6.07) is 5.72. The Balaban J connectivity index is 0.000000223. The molecule has 0 unspecified atom stereocenters. The van der Waals surface area contributed by atoms with Crippen molar-refractivity contribution < 1.29 is 15.0 Å². The first kappa shape index (κ1) is 11.3. The van der Waals surface area contributed by atoms with Crippen LogP contribution in [-0.4, -0.2) is 27.8 Å². The smallest absolute Gasteiger partial charge is 0.328 e. The van der Waals surface area contributed by atoms with Gasteiger partial charge in [0.25, 0.3) is 0 Å². The van der Waals surface area contributed by atoms with E-state index in [2.05, 4.69) is 4.98 Å². The average Bonchev–Trinajstić information content (AvgIpc) is 2.18. The summed E-state index contributed by atoms with van der Waals surface area (Å²) in [6.07, 6.45) is 5.54. The molecule has 70 valence electrons. The molecule has 0 bridgehead atoms. The van der Waals surface area contributed by atoms with Gasteiger partial charge in [0.1, 0.15) is 0 Å². The summed E-state index contributed by atoms with van der Waals surface area (Å²) >= 11 is 0. The molecule has 1 aromatic rings. The van der Waals surface area contributed by atoms with Crippen LogP contribution in [0.15, 0.2) is 42.7 Å². The van der Waals surface area contributed by atoms with Gasteiger partial charge in [0, 0.05) is 18.5 Å². The van der Waals surface area contributed by atoms with E-state index in [0.29, 0.717) is 0 Å². The first-order chi connectivity index (χ1) is 6.27. The summed E-state index contributed by atoms with van der Waals surface area (Å²) in [7, 11) is 0. The lowest BCUT2D eigenvalue weighted by Gasteiger charge is -1.73. The number of aliphatic carboxylic acids is 1. The third-order valence-corrected chi connectivity index (χ3v) is 0.932. The number of aliphatic hydroxyl groups is 1. The van der Waals surface area contributed by atoms with E-state index in [1.165, 1.54) is 0 Å². The van der Waals surface area contributed by atoms with Crippen molar-refractivity contribution in [3.05, 3.63) is 42.7 Å². The summed E-state index contributed by atoms with van der Waals surface area (Å²) in [4.78, 5) is 13.3. The third kappa shape index (κ3) is 10.3. The predicted octanol–water partition coefficient (Wildman–Crippen LogP) is 0.701. The predicted molar refractivity (Wildman–Crippen MR) is 48.1 cm³/mol. The Morgan fingerprint density at radius 1 is 1.31 bits per heavy atom. The number of carbonyl (C=O) groups is 1. The molecule has 0 saturated carbocycles. The highest BCUT2D eigenvalue weighted by molar-refractivity contribution is 5.79. The molecule has 1 rings (SSSR count). The van der Waals surface area contributed by atoms with Gasteiger partial charge in [0.2, 0.25) is 0 Å². The maximum atomic E-state index is 9.56. The molecular formula is C9H11NO3. The highest BCUT2D eigenvalue weighted by atomic mass is 16.4. The molecule has 2 N–H and O–H groups in total. The van der Waals surface area contributed by atoms with Crippen LogP contribution in [0.2, 0.25) is 0 Å². The molecule has 13 heavy (non-hydrogen) atoms. The summed E-state index contributed by atoms with van der Waals surface area (Å²) < 4.78 is 0. The van der Waals surface area contributed by atoms with Gasteiger partial charge in [-0.3, -0.25) is 4.98 Å². The van der Waals surface area contributed by atoms with Crippen molar-refractivity contribution in [3.63, 3.8) is 0 Å². The van der Waals surface area contributed by atoms with Crippen molar-refractivity contribution in [2.75, 3.05) is 6.61 Å². The lowest BCUT2D eigenvalue weighted by molar-refractivity contribution is -0.131. The minimum absolute atomic E-state index is 0.216. The number of hydrogen-bond donors (Lipinski definition) is 2. The van der Waals surface area contributed by atoms with Crippen molar-refractivity contribution >= 4 is 5.97 Å². The second-order valence-corrected chi connectivity index (χ2v) is 1.95. The van der Waals surface area contributed by atoms with Crippen molar-refractivity contribution in [2.45, 2.75) is 0 Å². The Bertz CT molecular complexity index is 220.